The van der Waals surface area contributed by atoms with Crippen LogP contribution in [0.4, 0.5) is 11.9 Å². The Morgan fingerprint density at radius 3 is 2.48 bits per heavy atom. The highest BCUT2D eigenvalue weighted by Gasteiger charge is 2.22. The molecule has 21 heavy (non-hydrogen) atoms. The Bertz CT molecular complexity index is 469. The lowest BCUT2D eigenvalue weighted by Gasteiger charge is -2.28. The first kappa shape index (κ1) is 14.8. The van der Waals surface area contributed by atoms with Crippen molar-refractivity contribution in [3.8, 4) is 0 Å². The van der Waals surface area contributed by atoms with Crippen LogP contribution in [0.1, 0.15) is 51.9 Å². The molecule has 1 aromatic rings. The van der Waals surface area contributed by atoms with Crippen molar-refractivity contribution in [3.63, 3.8) is 0 Å². The molecule has 1 aromatic heterocycles. The first-order valence-electron chi connectivity index (χ1n) is 8.15. The summed E-state index contributed by atoms with van der Waals surface area (Å²) in [5.41, 5.74) is 0. The van der Waals surface area contributed by atoms with Gasteiger partial charge < -0.3 is 10.2 Å². The van der Waals surface area contributed by atoms with Crippen molar-refractivity contribution >= 4 is 23.5 Å². The Morgan fingerprint density at radius 2 is 1.76 bits per heavy atom. The molecule has 1 N–H and O–H groups in total. The van der Waals surface area contributed by atoms with Crippen molar-refractivity contribution < 1.29 is 0 Å². The molecule has 0 amide bonds. The third-order valence-electron chi connectivity index (χ3n) is 4.70. The number of nitrogens with zero attached hydrogens (tertiary/aromatic N) is 4. The normalized spacial score (nSPS) is 21.5. The molecular weight excluding hydrogens is 286 g/mol. The van der Waals surface area contributed by atoms with E-state index in [4.69, 9.17) is 11.6 Å². The molecule has 6 heteroatoms. The Balaban J connectivity index is 1.69. The van der Waals surface area contributed by atoms with Gasteiger partial charge in [0, 0.05) is 19.1 Å². The van der Waals surface area contributed by atoms with E-state index in [9.17, 15) is 0 Å². The Morgan fingerprint density at radius 1 is 1.05 bits per heavy atom. The SMILES string of the molecule is CC(Nc1nc(Cl)nc(N2CCCC2)n1)C1CCCCC1. The number of halogens is 1. The topological polar surface area (TPSA) is 53.9 Å². The molecule has 0 radical (unpaired) electrons. The van der Waals surface area contributed by atoms with Crippen LogP contribution in [0.3, 0.4) is 0 Å². The summed E-state index contributed by atoms with van der Waals surface area (Å²) >= 11 is 6.07. The van der Waals surface area contributed by atoms with Crippen LogP contribution in [0.5, 0.6) is 0 Å². The van der Waals surface area contributed by atoms with E-state index in [2.05, 4.69) is 32.1 Å². The fourth-order valence-electron chi connectivity index (χ4n) is 3.42. The predicted molar refractivity (Wildman–Crippen MR) is 85.9 cm³/mol. The summed E-state index contributed by atoms with van der Waals surface area (Å²) in [6.45, 7) is 4.25. The molecule has 3 rings (SSSR count). The van der Waals surface area contributed by atoms with E-state index in [1.54, 1.807) is 0 Å². The van der Waals surface area contributed by atoms with Gasteiger partial charge in [-0.15, -0.1) is 0 Å². The van der Waals surface area contributed by atoms with E-state index in [1.807, 2.05) is 0 Å². The Labute approximate surface area is 131 Å². The molecule has 1 atom stereocenters. The smallest absolute Gasteiger partial charge is 0.231 e. The van der Waals surface area contributed by atoms with Crippen molar-refractivity contribution in [2.75, 3.05) is 23.3 Å². The second-order valence-corrected chi connectivity index (χ2v) is 6.59. The molecule has 116 valence electrons. The van der Waals surface area contributed by atoms with Crippen LogP contribution in [0.2, 0.25) is 5.28 Å². The minimum absolute atomic E-state index is 0.283. The van der Waals surface area contributed by atoms with Crippen molar-refractivity contribution in [2.45, 2.75) is 57.9 Å². The molecule has 1 saturated heterocycles. The van der Waals surface area contributed by atoms with Gasteiger partial charge in [-0.2, -0.15) is 15.0 Å². The minimum atomic E-state index is 0.283. The van der Waals surface area contributed by atoms with E-state index in [-0.39, 0.29) is 5.28 Å². The highest BCUT2D eigenvalue weighted by molar-refractivity contribution is 6.28. The lowest BCUT2D eigenvalue weighted by atomic mass is 9.85. The van der Waals surface area contributed by atoms with E-state index in [0.717, 1.165) is 13.1 Å². The summed E-state index contributed by atoms with van der Waals surface area (Å²) in [4.78, 5) is 15.3. The molecule has 1 aliphatic heterocycles. The summed E-state index contributed by atoms with van der Waals surface area (Å²) in [7, 11) is 0. The van der Waals surface area contributed by atoms with Crippen LogP contribution in [-0.2, 0) is 0 Å². The summed E-state index contributed by atoms with van der Waals surface area (Å²) in [5, 5.41) is 3.73. The zero-order chi connectivity index (χ0) is 14.7. The van der Waals surface area contributed by atoms with Crippen molar-refractivity contribution in [3.05, 3.63) is 5.28 Å². The zero-order valence-electron chi connectivity index (χ0n) is 12.7. The fraction of sp³-hybridized carbons (Fsp3) is 0.800. The first-order valence-corrected chi connectivity index (χ1v) is 8.53. The standard InChI is InChI=1S/C15H24ClN5/c1-11(12-7-3-2-4-8-12)17-14-18-13(16)19-15(20-14)21-9-5-6-10-21/h11-12H,2-10H2,1H3,(H,17,18,19,20). The second-order valence-electron chi connectivity index (χ2n) is 6.25. The summed E-state index contributed by atoms with van der Waals surface area (Å²) in [6.07, 6.45) is 9.05. The third-order valence-corrected chi connectivity index (χ3v) is 4.87. The monoisotopic (exact) mass is 309 g/mol. The van der Waals surface area contributed by atoms with Crippen molar-refractivity contribution in [1.29, 1.82) is 0 Å². The number of rotatable bonds is 4. The van der Waals surface area contributed by atoms with Gasteiger partial charge in [-0.05, 0) is 50.1 Å². The van der Waals surface area contributed by atoms with Crippen LogP contribution >= 0.6 is 11.6 Å². The molecular formula is C15H24ClN5. The lowest BCUT2D eigenvalue weighted by Crippen LogP contribution is -2.29. The maximum absolute atomic E-state index is 6.07. The lowest BCUT2D eigenvalue weighted by molar-refractivity contribution is 0.327. The van der Waals surface area contributed by atoms with Crippen LogP contribution in [0.25, 0.3) is 0 Å². The molecule has 2 heterocycles. The van der Waals surface area contributed by atoms with Crippen LogP contribution < -0.4 is 10.2 Å². The zero-order valence-corrected chi connectivity index (χ0v) is 13.4. The van der Waals surface area contributed by atoms with Crippen LogP contribution in [-0.4, -0.2) is 34.1 Å². The average Bonchev–Trinajstić information content (AvgIpc) is 3.02. The van der Waals surface area contributed by atoms with Gasteiger partial charge in [0.05, 0.1) is 0 Å². The highest BCUT2D eigenvalue weighted by Crippen LogP contribution is 2.28. The maximum Gasteiger partial charge on any atom is 0.231 e. The molecule has 0 spiro atoms. The highest BCUT2D eigenvalue weighted by atomic mass is 35.5. The molecule has 2 fully saturated rings. The van der Waals surface area contributed by atoms with E-state index < -0.39 is 0 Å². The van der Waals surface area contributed by atoms with Gasteiger partial charge in [0.1, 0.15) is 0 Å². The maximum atomic E-state index is 6.07. The number of anilines is 2. The molecule has 1 saturated carbocycles. The summed E-state index contributed by atoms with van der Waals surface area (Å²) in [6, 6.07) is 0.384. The van der Waals surface area contributed by atoms with Gasteiger partial charge in [-0.25, -0.2) is 0 Å². The number of hydrogen-bond acceptors (Lipinski definition) is 5. The van der Waals surface area contributed by atoms with Crippen molar-refractivity contribution in [1.82, 2.24) is 15.0 Å². The average molecular weight is 310 g/mol. The van der Waals surface area contributed by atoms with E-state index in [0.29, 0.717) is 23.9 Å². The molecule has 5 nitrogen and oxygen atoms in total. The van der Waals surface area contributed by atoms with E-state index >= 15 is 0 Å². The first-order chi connectivity index (χ1) is 10.2. The Kier molecular flexibility index (Phi) is 4.78. The summed E-state index contributed by atoms with van der Waals surface area (Å²) < 4.78 is 0. The van der Waals surface area contributed by atoms with Gasteiger partial charge >= 0.3 is 0 Å². The van der Waals surface area contributed by atoms with Gasteiger partial charge in [-0.3, -0.25) is 0 Å². The Hall–Kier alpha value is -1.10. The molecule has 1 unspecified atom stereocenters. The number of nitrogens with one attached hydrogen (secondary N) is 1. The van der Waals surface area contributed by atoms with Crippen LogP contribution in [0, 0.1) is 5.92 Å². The van der Waals surface area contributed by atoms with Gasteiger partial charge in [0.2, 0.25) is 17.2 Å². The largest absolute Gasteiger partial charge is 0.351 e. The molecule has 2 aliphatic rings. The predicted octanol–water partition coefficient (Wildman–Crippen LogP) is 3.51. The summed E-state index contributed by atoms with van der Waals surface area (Å²) in [5.74, 6) is 2.05. The second kappa shape index (κ2) is 6.77. The van der Waals surface area contributed by atoms with Gasteiger partial charge in [-0.1, -0.05) is 19.3 Å². The molecule has 0 bridgehead atoms. The quantitative estimate of drug-likeness (QED) is 0.922. The van der Waals surface area contributed by atoms with Gasteiger partial charge in [0.25, 0.3) is 0 Å². The van der Waals surface area contributed by atoms with E-state index in [1.165, 1.54) is 44.9 Å². The minimum Gasteiger partial charge on any atom is -0.351 e. The molecule has 0 aromatic carbocycles. The number of aromatic nitrogens is 3. The fourth-order valence-corrected chi connectivity index (χ4v) is 3.57. The van der Waals surface area contributed by atoms with Crippen molar-refractivity contribution in [2.24, 2.45) is 5.92 Å². The third kappa shape index (κ3) is 3.76. The van der Waals surface area contributed by atoms with Gasteiger partial charge in [0.15, 0.2) is 0 Å². The number of hydrogen-bond donors (Lipinski definition) is 1. The molecule has 1 aliphatic carbocycles. The van der Waals surface area contributed by atoms with Crippen LogP contribution in [0.15, 0.2) is 0 Å².